The normalized spacial score (nSPS) is 19.2. The van der Waals surface area contributed by atoms with E-state index in [9.17, 15) is 8.78 Å². The van der Waals surface area contributed by atoms with Gasteiger partial charge in [0.2, 0.25) is 0 Å². The van der Waals surface area contributed by atoms with Gasteiger partial charge in [-0.25, -0.2) is 23.7 Å². The Balaban J connectivity index is 1.44. The van der Waals surface area contributed by atoms with Gasteiger partial charge in [0.05, 0.1) is 5.69 Å². The van der Waals surface area contributed by atoms with Crippen LogP contribution in [-0.2, 0) is 6.54 Å². The third kappa shape index (κ3) is 3.38. The highest BCUT2D eigenvalue weighted by Crippen LogP contribution is 2.39. The lowest BCUT2D eigenvalue weighted by Gasteiger charge is -2.35. The van der Waals surface area contributed by atoms with Crippen LogP contribution in [0.25, 0.3) is 0 Å². The molecular weight excluding hydrogens is 316 g/mol. The van der Waals surface area contributed by atoms with Crippen LogP contribution >= 0.6 is 0 Å². The second-order valence-corrected chi connectivity index (χ2v) is 6.33. The summed E-state index contributed by atoms with van der Waals surface area (Å²) >= 11 is 0. The van der Waals surface area contributed by atoms with Gasteiger partial charge < -0.3 is 9.32 Å². The van der Waals surface area contributed by atoms with Crippen LogP contribution in [0, 0.1) is 0 Å². The predicted molar refractivity (Wildman–Crippen MR) is 83.0 cm³/mol. The van der Waals surface area contributed by atoms with E-state index >= 15 is 0 Å². The van der Waals surface area contributed by atoms with Gasteiger partial charge in [-0.05, 0) is 12.8 Å². The first-order chi connectivity index (χ1) is 11.7. The van der Waals surface area contributed by atoms with Crippen molar-refractivity contribution in [1.29, 1.82) is 0 Å². The van der Waals surface area contributed by atoms with Crippen molar-refractivity contribution >= 4 is 5.82 Å². The van der Waals surface area contributed by atoms with Crippen molar-refractivity contribution in [2.75, 3.05) is 31.1 Å². The molecule has 2 aromatic rings. The van der Waals surface area contributed by atoms with Crippen LogP contribution in [0.3, 0.4) is 0 Å². The van der Waals surface area contributed by atoms with Gasteiger partial charge in [0, 0.05) is 44.7 Å². The second-order valence-electron chi connectivity index (χ2n) is 6.33. The van der Waals surface area contributed by atoms with Crippen LogP contribution in [-0.4, -0.2) is 46.0 Å². The number of aromatic nitrogens is 3. The molecule has 1 saturated carbocycles. The SMILES string of the molecule is FC(F)c1cc(N2CCN(Cc3cocn3)CC2)nc(C2CC2)n1. The van der Waals surface area contributed by atoms with Gasteiger partial charge in [-0.3, -0.25) is 4.90 Å². The zero-order chi connectivity index (χ0) is 16.5. The molecule has 2 aromatic heterocycles. The molecule has 8 heteroatoms. The van der Waals surface area contributed by atoms with E-state index in [1.54, 1.807) is 6.26 Å². The number of piperazine rings is 1. The maximum Gasteiger partial charge on any atom is 0.280 e. The first kappa shape index (κ1) is 15.4. The van der Waals surface area contributed by atoms with E-state index in [2.05, 4.69) is 24.8 Å². The number of hydrogen-bond acceptors (Lipinski definition) is 6. The number of oxazole rings is 1. The largest absolute Gasteiger partial charge is 0.451 e. The maximum atomic E-state index is 13.1. The lowest BCUT2D eigenvalue weighted by molar-refractivity contribution is 0.145. The summed E-state index contributed by atoms with van der Waals surface area (Å²) in [7, 11) is 0. The van der Waals surface area contributed by atoms with Gasteiger partial charge in [-0.2, -0.15) is 0 Å². The zero-order valence-electron chi connectivity index (χ0n) is 13.2. The molecule has 3 heterocycles. The highest BCUT2D eigenvalue weighted by molar-refractivity contribution is 5.41. The summed E-state index contributed by atoms with van der Waals surface area (Å²) in [6, 6.07) is 1.43. The Labute approximate surface area is 138 Å². The summed E-state index contributed by atoms with van der Waals surface area (Å²) in [5.74, 6) is 1.46. The molecule has 0 N–H and O–H groups in total. The van der Waals surface area contributed by atoms with Crippen LogP contribution in [0.1, 0.15) is 42.4 Å². The quantitative estimate of drug-likeness (QED) is 0.837. The van der Waals surface area contributed by atoms with Crippen molar-refractivity contribution < 1.29 is 13.2 Å². The minimum atomic E-state index is -2.56. The fourth-order valence-corrected chi connectivity index (χ4v) is 2.95. The molecule has 1 aliphatic heterocycles. The first-order valence-corrected chi connectivity index (χ1v) is 8.20. The summed E-state index contributed by atoms with van der Waals surface area (Å²) in [4.78, 5) is 17.0. The molecule has 1 aliphatic carbocycles. The zero-order valence-corrected chi connectivity index (χ0v) is 13.2. The first-order valence-electron chi connectivity index (χ1n) is 8.20. The van der Waals surface area contributed by atoms with Crippen molar-refractivity contribution in [2.24, 2.45) is 0 Å². The summed E-state index contributed by atoms with van der Waals surface area (Å²) in [6.45, 7) is 3.91. The van der Waals surface area contributed by atoms with Crippen molar-refractivity contribution in [3.8, 4) is 0 Å². The molecule has 128 valence electrons. The average molecular weight is 335 g/mol. The molecule has 2 fully saturated rings. The number of halogens is 2. The Morgan fingerprint density at radius 3 is 2.58 bits per heavy atom. The molecule has 0 amide bonds. The van der Waals surface area contributed by atoms with Crippen LogP contribution in [0.15, 0.2) is 23.1 Å². The van der Waals surface area contributed by atoms with Crippen LogP contribution in [0.2, 0.25) is 0 Å². The average Bonchev–Trinajstić information content (AvgIpc) is 3.33. The minimum absolute atomic E-state index is 0.160. The van der Waals surface area contributed by atoms with E-state index in [0.29, 0.717) is 11.6 Å². The van der Waals surface area contributed by atoms with Gasteiger partial charge in [0.25, 0.3) is 6.43 Å². The van der Waals surface area contributed by atoms with Gasteiger partial charge in [-0.1, -0.05) is 0 Å². The predicted octanol–water partition coefficient (Wildman–Crippen LogP) is 2.60. The molecule has 4 rings (SSSR count). The number of nitrogens with zero attached hydrogens (tertiary/aromatic N) is 5. The summed E-state index contributed by atoms with van der Waals surface area (Å²) in [5, 5.41) is 0. The van der Waals surface area contributed by atoms with Crippen molar-refractivity contribution in [1.82, 2.24) is 19.9 Å². The van der Waals surface area contributed by atoms with E-state index in [4.69, 9.17) is 4.42 Å². The molecule has 0 bridgehead atoms. The monoisotopic (exact) mass is 335 g/mol. The Morgan fingerprint density at radius 1 is 1.17 bits per heavy atom. The van der Waals surface area contributed by atoms with E-state index in [0.717, 1.165) is 51.3 Å². The molecule has 6 nitrogen and oxygen atoms in total. The van der Waals surface area contributed by atoms with Crippen molar-refractivity contribution in [3.05, 3.63) is 35.9 Å². The minimum Gasteiger partial charge on any atom is -0.451 e. The van der Waals surface area contributed by atoms with E-state index in [-0.39, 0.29) is 11.6 Å². The second kappa shape index (κ2) is 6.43. The van der Waals surface area contributed by atoms with Crippen LogP contribution in [0.5, 0.6) is 0 Å². The van der Waals surface area contributed by atoms with Gasteiger partial charge in [-0.15, -0.1) is 0 Å². The summed E-state index contributed by atoms with van der Waals surface area (Å²) in [6.07, 6.45) is 2.51. The molecule has 0 atom stereocenters. The molecule has 24 heavy (non-hydrogen) atoms. The Morgan fingerprint density at radius 2 is 1.96 bits per heavy atom. The smallest absolute Gasteiger partial charge is 0.280 e. The molecule has 0 radical (unpaired) electrons. The standard InChI is InChI=1S/C16H19F2N5O/c17-15(18)13-7-14(21-16(20-13)11-1-2-11)23-5-3-22(4-6-23)8-12-9-24-10-19-12/h7,9-11,15H,1-6,8H2. The van der Waals surface area contributed by atoms with Crippen molar-refractivity contribution in [2.45, 2.75) is 31.7 Å². The molecule has 0 aromatic carbocycles. The lowest BCUT2D eigenvalue weighted by atomic mass is 10.2. The fraction of sp³-hybridized carbons (Fsp3) is 0.562. The number of alkyl halides is 2. The van der Waals surface area contributed by atoms with Crippen LogP contribution < -0.4 is 4.90 Å². The highest BCUT2D eigenvalue weighted by atomic mass is 19.3. The van der Waals surface area contributed by atoms with Gasteiger partial charge >= 0.3 is 0 Å². The lowest BCUT2D eigenvalue weighted by Crippen LogP contribution is -2.46. The Kier molecular flexibility index (Phi) is 4.13. The maximum absolute atomic E-state index is 13.1. The number of hydrogen-bond donors (Lipinski definition) is 0. The molecule has 1 saturated heterocycles. The van der Waals surface area contributed by atoms with E-state index in [1.165, 1.54) is 12.5 Å². The summed E-state index contributed by atoms with van der Waals surface area (Å²) in [5.41, 5.74) is 0.744. The third-order valence-electron chi connectivity index (χ3n) is 4.48. The van der Waals surface area contributed by atoms with Crippen LogP contribution in [0.4, 0.5) is 14.6 Å². The topological polar surface area (TPSA) is 58.3 Å². The van der Waals surface area contributed by atoms with Crippen molar-refractivity contribution in [3.63, 3.8) is 0 Å². The fourth-order valence-electron chi connectivity index (χ4n) is 2.95. The molecule has 0 unspecified atom stereocenters. The highest BCUT2D eigenvalue weighted by Gasteiger charge is 2.29. The van der Waals surface area contributed by atoms with E-state index < -0.39 is 6.43 Å². The number of anilines is 1. The molecule has 2 aliphatic rings. The number of rotatable bonds is 5. The molecular formula is C16H19F2N5O. The van der Waals surface area contributed by atoms with Gasteiger partial charge in [0.1, 0.15) is 23.6 Å². The molecule has 0 spiro atoms. The Hall–Kier alpha value is -2.09. The summed E-state index contributed by atoms with van der Waals surface area (Å²) < 4.78 is 31.2. The third-order valence-corrected chi connectivity index (χ3v) is 4.48. The van der Waals surface area contributed by atoms with Gasteiger partial charge in [0.15, 0.2) is 6.39 Å². The Bertz CT molecular complexity index is 662. The van der Waals surface area contributed by atoms with E-state index in [1.807, 2.05) is 0 Å².